The van der Waals surface area contributed by atoms with E-state index >= 15 is 0 Å². The highest BCUT2D eigenvalue weighted by Crippen LogP contribution is 2.20. The fourth-order valence-electron chi connectivity index (χ4n) is 1.07. The largest absolute Gasteiger partial charge is 0.364 e. The summed E-state index contributed by atoms with van der Waals surface area (Å²) >= 11 is 0. The molecular weight excluding hydrogens is 160 g/mol. The summed E-state index contributed by atoms with van der Waals surface area (Å²) in [5.41, 5.74) is 5.17. The number of nitrogens with zero attached hydrogens (tertiary/aromatic N) is 3. The van der Waals surface area contributed by atoms with Gasteiger partial charge in [0.15, 0.2) is 0 Å². The van der Waals surface area contributed by atoms with Gasteiger partial charge < -0.3 is 10.6 Å². The summed E-state index contributed by atoms with van der Waals surface area (Å²) in [6.07, 6.45) is 1.10. The first-order valence-corrected chi connectivity index (χ1v) is 3.66. The molecular formula is C6H8N4O2. The van der Waals surface area contributed by atoms with E-state index in [-0.39, 0.29) is 5.69 Å². The SMILES string of the molecule is NC(=O)c1nonc1N1CCC1. The second kappa shape index (κ2) is 2.47. The van der Waals surface area contributed by atoms with Gasteiger partial charge >= 0.3 is 0 Å². The number of amides is 1. The molecule has 1 fully saturated rings. The Hall–Kier alpha value is -1.59. The minimum absolute atomic E-state index is 0.120. The van der Waals surface area contributed by atoms with Crippen molar-refractivity contribution < 1.29 is 9.42 Å². The van der Waals surface area contributed by atoms with Crippen LogP contribution >= 0.6 is 0 Å². The van der Waals surface area contributed by atoms with Crippen molar-refractivity contribution in [1.29, 1.82) is 0 Å². The van der Waals surface area contributed by atoms with Crippen molar-refractivity contribution in [1.82, 2.24) is 10.3 Å². The fraction of sp³-hybridized carbons (Fsp3) is 0.500. The van der Waals surface area contributed by atoms with Gasteiger partial charge in [0.25, 0.3) is 5.91 Å². The summed E-state index contributed by atoms with van der Waals surface area (Å²) in [5, 5.41) is 7.01. The normalized spacial score (nSPS) is 15.8. The van der Waals surface area contributed by atoms with E-state index < -0.39 is 5.91 Å². The molecule has 0 atom stereocenters. The van der Waals surface area contributed by atoms with Crippen LogP contribution in [0.4, 0.5) is 5.82 Å². The third kappa shape index (κ3) is 0.919. The Labute approximate surface area is 68.3 Å². The Morgan fingerprint density at radius 1 is 1.50 bits per heavy atom. The Morgan fingerprint density at radius 3 is 2.75 bits per heavy atom. The lowest BCUT2D eigenvalue weighted by atomic mass is 10.2. The number of rotatable bonds is 2. The Morgan fingerprint density at radius 2 is 2.25 bits per heavy atom. The molecule has 0 unspecified atom stereocenters. The topological polar surface area (TPSA) is 85.2 Å². The quantitative estimate of drug-likeness (QED) is 0.636. The Kier molecular flexibility index (Phi) is 1.46. The first-order chi connectivity index (χ1) is 5.79. The molecule has 0 radical (unpaired) electrons. The second-order valence-electron chi connectivity index (χ2n) is 2.64. The van der Waals surface area contributed by atoms with Crippen molar-refractivity contribution in [3.63, 3.8) is 0 Å². The average molecular weight is 168 g/mol. The maximum Gasteiger partial charge on any atom is 0.274 e. The number of aromatic nitrogens is 2. The highest BCUT2D eigenvalue weighted by atomic mass is 16.6. The zero-order valence-corrected chi connectivity index (χ0v) is 6.36. The van der Waals surface area contributed by atoms with E-state index in [1.165, 1.54) is 0 Å². The highest BCUT2D eigenvalue weighted by molar-refractivity contribution is 5.95. The molecule has 12 heavy (non-hydrogen) atoms. The minimum Gasteiger partial charge on any atom is -0.364 e. The van der Waals surface area contributed by atoms with E-state index in [4.69, 9.17) is 5.73 Å². The molecule has 1 aliphatic rings. The number of hydrogen-bond donors (Lipinski definition) is 1. The molecule has 0 bridgehead atoms. The van der Waals surface area contributed by atoms with Crippen molar-refractivity contribution in [3.05, 3.63) is 5.69 Å². The molecule has 6 nitrogen and oxygen atoms in total. The van der Waals surface area contributed by atoms with Gasteiger partial charge in [0, 0.05) is 13.1 Å². The molecule has 1 amide bonds. The maximum absolute atomic E-state index is 10.8. The molecule has 1 saturated heterocycles. The first-order valence-electron chi connectivity index (χ1n) is 3.66. The van der Waals surface area contributed by atoms with Crippen molar-refractivity contribution in [2.75, 3.05) is 18.0 Å². The lowest BCUT2D eigenvalue weighted by Crippen LogP contribution is -2.38. The predicted octanol–water partition coefficient (Wildman–Crippen LogP) is -0.621. The van der Waals surface area contributed by atoms with Gasteiger partial charge in [0.05, 0.1) is 0 Å². The van der Waals surface area contributed by atoms with Crippen molar-refractivity contribution in [2.24, 2.45) is 5.73 Å². The first kappa shape index (κ1) is 7.08. The Bertz CT molecular complexity index is 304. The highest BCUT2D eigenvalue weighted by Gasteiger charge is 2.25. The minimum atomic E-state index is -0.599. The lowest BCUT2D eigenvalue weighted by molar-refractivity contribution is 0.0991. The number of hydrogen-bond acceptors (Lipinski definition) is 5. The summed E-state index contributed by atoms with van der Waals surface area (Å²) in [7, 11) is 0. The summed E-state index contributed by atoms with van der Waals surface area (Å²) < 4.78 is 4.42. The van der Waals surface area contributed by atoms with E-state index in [9.17, 15) is 4.79 Å². The zero-order chi connectivity index (χ0) is 8.55. The van der Waals surface area contributed by atoms with Crippen molar-refractivity contribution in [3.8, 4) is 0 Å². The van der Waals surface area contributed by atoms with Crippen LogP contribution in [-0.2, 0) is 0 Å². The van der Waals surface area contributed by atoms with Gasteiger partial charge in [-0.2, -0.15) is 0 Å². The monoisotopic (exact) mass is 168 g/mol. The summed E-state index contributed by atoms with van der Waals surface area (Å²) in [5.74, 6) is -0.132. The molecule has 2 rings (SSSR count). The standard InChI is InChI=1S/C6H8N4O2/c7-5(11)4-6(9-12-8-4)10-2-1-3-10/h1-3H2,(H2,7,11). The van der Waals surface area contributed by atoms with Crippen LogP contribution in [0.15, 0.2) is 4.63 Å². The molecule has 2 heterocycles. The zero-order valence-electron chi connectivity index (χ0n) is 6.36. The smallest absolute Gasteiger partial charge is 0.274 e. The summed E-state index contributed by atoms with van der Waals surface area (Å²) in [4.78, 5) is 12.7. The number of carbonyl (C=O) groups excluding carboxylic acids is 1. The van der Waals surface area contributed by atoms with E-state index in [1.807, 2.05) is 4.90 Å². The lowest BCUT2D eigenvalue weighted by Gasteiger charge is -2.30. The van der Waals surface area contributed by atoms with E-state index in [0.717, 1.165) is 19.5 Å². The van der Waals surface area contributed by atoms with Crippen LogP contribution in [0.3, 0.4) is 0 Å². The van der Waals surface area contributed by atoms with Crippen LogP contribution < -0.4 is 10.6 Å². The molecule has 0 saturated carbocycles. The molecule has 2 N–H and O–H groups in total. The molecule has 1 aromatic heterocycles. The predicted molar refractivity (Wildman–Crippen MR) is 39.6 cm³/mol. The van der Waals surface area contributed by atoms with Crippen LogP contribution in [-0.4, -0.2) is 29.3 Å². The van der Waals surface area contributed by atoms with Gasteiger partial charge in [-0.15, -0.1) is 0 Å². The average Bonchev–Trinajstić information content (AvgIpc) is 2.31. The van der Waals surface area contributed by atoms with Crippen LogP contribution in [0.25, 0.3) is 0 Å². The van der Waals surface area contributed by atoms with Crippen LogP contribution in [0.1, 0.15) is 16.9 Å². The number of primary amides is 1. The van der Waals surface area contributed by atoms with Gasteiger partial charge in [-0.3, -0.25) is 4.79 Å². The number of nitrogens with two attached hydrogens (primary N) is 1. The van der Waals surface area contributed by atoms with Crippen molar-refractivity contribution in [2.45, 2.75) is 6.42 Å². The van der Waals surface area contributed by atoms with Crippen LogP contribution in [0.5, 0.6) is 0 Å². The van der Waals surface area contributed by atoms with Gasteiger partial charge in [-0.25, -0.2) is 4.63 Å². The molecule has 0 aliphatic carbocycles. The summed E-state index contributed by atoms with van der Waals surface area (Å²) in [6, 6.07) is 0. The van der Waals surface area contributed by atoms with Gasteiger partial charge in [-0.05, 0) is 16.7 Å². The molecule has 0 aromatic carbocycles. The number of anilines is 1. The van der Waals surface area contributed by atoms with Crippen molar-refractivity contribution >= 4 is 11.7 Å². The summed E-state index contributed by atoms with van der Waals surface area (Å²) in [6.45, 7) is 1.77. The van der Waals surface area contributed by atoms with Gasteiger partial charge in [0.2, 0.25) is 11.5 Å². The van der Waals surface area contributed by atoms with Crippen LogP contribution in [0.2, 0.25) is 0 Å². The van der Waals surface area contributed by atoms with Crippen LogP contribution in [0, 0.1) is 0 Å². The van der Waals surface area contributed by atoms with Gasteiger partial charge in [-0.1, -0.05) is 0 Å². The Balaban J connectivity index is 2.29. The molecule has 1 aliphatic heterocycles. The third-order valence-corrected chi connectivity index (χ3v) is 1.86. The third-order valence-electron chi connectivity index (χ3n) is 1.86. The molecule has 64 valence electrons. The fourth-order valence-corrected chi connectivity index (χ4v) is 1.07. The van der Waals surface area contributed by atoms with E-state index in [1.54, 1.807) is 0 Å². The molecule has 6 heteroatoms. The van der Waals surface area contributed by atoms with E-state index in [0.29, 0.717) is 5.82 Å². The maximum atomic E-state index is 10.8. The number of carbonyl (C=O) groups is 1. The molecule has 1 aromatic rings. The second-order valence-corrected chi connectivity index (χ2v) is 2.64. The van der Waals surface area contributed by atoms with E-state index in [2.05, 4.69) is 14.9 Å². The molecule has 0 spiro atoms. The van der Waals surface area contributed by atoms with Gasteiger partial charge in [0.1, 0.15) is 0 Å².